The van der Waals surface area contributed by atoms with Gasteiger partial charge in [0.15, 0.2) is 0 Å². The Morgan fingerprint density at radius 3 is 2.88 bits per heavy atom. The van der Waals surface area contributed by atoms with Crippen LogP contribution in [0.5, 0.6) is 5.88 Å². The number of carbonyl (C=O) groups is 1. The van der Waals surface area contributed by atoms with Crippen LogP contribution in [0, 0.1) is 0 Å². The molecule has 0 fully saturated rings. The van der Waals surface area contributed by atoms with Crippen LogP contribution in [0.3, 0.4) is 0 Å². The summed E-state index contributed by atoms with van der Waals surface area (Å²) in [7, 11) is 0. The molecule has 0 unspecified atom stereocenters. The third-order valence-electron chi connectivity index (χ3n) is 2.29. The average Bonchev–Trinajstić information content (AvgIpc) is 2.38. The van der Waals surface area contributed by atoms with Crippen LogP contribution in [-0.4, -0.2) is 17.7 Å². The molecule has 4 nitrogen and oxygen atoms in total. The van der Waals surface area contributed by atoms with Gasteiger partial charge in [-0.2, -0.15) is 0 Å². The van der Waals surface area contributed by atoms with Gasteiger partial charge in [0.25, 0.3) is 0 Å². The van der Waals surface area contributed by atoms with Crippen LogP contribution in [0.25, 0.3) is 10.9 Å². The van der Waals surface area contributed by atoms with Crippen LogP contribution in [0.4, 0.5) is 0 Å². The Morgan fingerprint density at radius 1 is 1.24 bits per heavy atom. The Bertz CT molecular complexity index is 525. The van der Waals surface area contributed by atoms with Gasteiger partial charge >= 0.3 is 5.97 Å². The highest BCUT2D eigenvalue weighted by atomic mass is 16.7. The molecular formula is C13H13NO3. The van der Waals surface area contributed by atoms with E-state index in [1.165, 1.54) is 0 Å². The summed E-state index contributed by atoms with van der Waals surface area (Å²) in [4.78, 5) is 15.2. The maximum atomic E-state index is 10.9. The molecule has 0 amide bonds. The maximum Gasteiger partial charge on any atom is 0.308 e. The third-order valence-corrected chi connectivity index (χ3v) is 2.29. The van der Waals surface area contributed by atoms with Gasteiger partial charge in [-0.1, -0.05) is 25.1 Å². The first kappa shape index (κ1) is 11.4. The molecule has 4 heteroatoms. The molecule has 0 N–H and O–H groups in total. The van der Waals surface area contributed by atoms with E-state index in [1.54, 1.807) is 13.0 Å². The van der Waals surface area contributed by atoms with E-state index in [-0.39, 0.29) is 12.8 Å². The number of fused-ring (bicyclic) bond motifs is 1. The normalized spacial score (nSPS) is 10.2. The van der Waals surface area contributed by atoms with Gasteiger partial charge in [-0.05, 0) is 12.1 Å². The van der Waals surface area contributed by atoms with Crippen LogP contribution in [0.2, 0.25) is 0 Å². The summed E-state index contributed by atoms with van der Waals surface area (Å²) < 4.78 is 10.0. The summed E-state index contributed by atoms with van der Waals surface area (Å²) in [5.41, 5.74) is 0.854. The monoisotopic (exact) mass is 231 g/mol. The molecular weight excluding hydrogens is 218 g/mol. The molecule has 2 aromatic rings. The molecule has 0 atom stereocenters. The van der Waals surface area contributed by atoms with Crippen molar-refractivity contribution >= 4 is 16.9 Å². The third kappa shape index (κ3) is 2.93. The number of nitrogens with zero attached hydrogens (tertiary/aromatic N) is 1. The fourth-order valence-corrected chi connectivity index (χ4v) is 1.39. The first-order chi connectivity index (χ1) is 8.29. The zero-order chi connectivity index (χ0) is 12.1. The standard InChI is InChI=1S/C13H13NO3/c1-2-13(15)17-9-16-12-8-7-10-5-3-4-6-11(10)14-12/h3-8H,2,9H2,1H3. The Kier molecular flexibility index (Phi) is 3.55. The molecule has 0 aliphatic rings. The second-order valence-corrected chi connectivity index (χ2v) is 3.47. The first-order valence-corrected chi connectivity index (χ1v) is 5.44. The number of rotatable bonds is 4. The van der Waals surface area contributed by atoms with Gasteiger partial charge in [-0.25, -0.2) is 4.98 Å². The Balaban J connectivity index is 2.02. The second-order valence-electron chi connectivity index (χ2n) is 3.47. The van der Waals surface area contributed by atoms with Crippen LogP contribution >= 0.6 is 0 Å². The van der Waals surface area contributed by atoms with Gasteiger partial charge in [-0.15, -0.1) is 0 Å². The minimum Gasteiger partial charge on any atom is -0.440 e. The highest BCUT2D eigenvalue weighted by Crippen LogP contribution is 2.15. The van der Waals surface area contributed by atoms with Crippen LogP contribution in [0.15, 0.2) is 36.4 Å². The van der Waals surface area contributed by atoms with E-state index < -0.39 is 0 Å². The topological polar surface area (TPSA) is 48.4 Å². The predicted molar refractivity (Wildman–Crippen MR) is 63.6 cm³/mol. The lowest BCUT2D eigenvalue weighted by Crippen LogP contribution is -2.09. The number of hydrogen-bond donors (Lipinski definition) is 0. The van der Waals surface area contributed by atoms with Crippen molar-refractivity contribution in [3.63, 3.8) is 0 Å². The molecule has 0 bridgehead atoms. The lowest BCUT2D eigenvalue weighted by molar-refractivity contribution is -0.149. The van der Waals surface area contributed by atoms with Crippen molar-refractivity contribution in [2.24, 2.45) is 0 Å². The molecule has 0 spiro atoms. The van der Waals surface area contributed by atoms with Crippen molar-refractivity contribution in [3.8, 4) is 5.88 Å². The molecule has 88 valence electrons. The summed E-state index contributed by atoms with van der Waals surface area (Å²) in [5.74, 6) is 0.165. The smallest absolute Gasteiger partial charge is 0.308 e. The number of benzene rings is 1. The van der Waals surface area contributed by atoms with Crippen LogP contribution in [0.1, 0.15) is 13.3 Å². The number of ether oxygens (including phenoxy) is 2. The molecule has 17 heavy (non-hydrogen) atoms. The lowest BCUT2D eigenvalue weighted by atomic mass is 10.2. The summed E-state index contributed by atoms with van der Waals surface area (Å²) in [6.07, 6.45) is 0.342. The molecule has 1 aromatic heterocycles. The van der Waals surface area contributed by atoms with E-state index in [9.17, 15) is 4.79 Å². The minimum atomic E-state index is -0.286. The number of pyridine rings is 1. The molecule has 1 heterocycles. The molecule has 0 saturated carbocycles. The zero-order valence-corrected chi connectivity index (χ0v) is 9.55. The Labute approximate surface area is 99.2 Å². The highest BCUT2D eigenvalue weighted by molar-refractivity contribution is 5.78. The van der Waals surface area contributed by atoms with E-state index in [0.29, 0.717) is 12.3 Å². The summed E-state index contributed by atoms with van der Waals surface area (Å²) in [6.45, 7) is 1.63. The average molecular weight is 231 g/mol. The Morgan fingerprint density at radius 2 is 2.06 bits per heavy atom. The van der Waals surface area contributed by atoms with E-state index in [0.717, 1.165) is 10.9 Å². The summed E-state index contributed by atoms with van der Waals surface area (Å²) in [6, 6.07) is 11.4. The lowest BCUT2D eigenvalue weighted by Gasteiger charge is -2.06. The van der Waals surface area contributed by atoms with E-state index in [2.05, 4.69) is 4.98 Å². The second kappa shape index (κ2) is 5.30. The quantitative estimate of drug-likeness (QED) is 0.599. The number of para-hydroxylation sites is 1. The number of aromatic nitrogens is 1. The Hall–Kier alpha value is -2.10. The van der Waals surface area contributed by atoms with Gasteiger partial charge in [0.1, 0.15) is 0 Å². The van der Waals surface area contributed by atoms with Gasteiger partial charge in [0, 0.05) is 17.9 Å². The van der Waals surface area contributed by atoms with Crippen molar-refractivity contribution in [1.82, 2.24) is 4.98 Å². The van der Waals surface area contributed by atoms with Crippen LogP contribution < -0.4 is 4.74 Å². The van der Waals surface area contributed by atoms with Gasteiger partial charge in [0.05, 0.1) is 5.52 Å². The molecule has 0 radical (unpaired) electrons. The fourth-order valence-electron chi connectivity index (χ4n) is 1.39. The molecule has 0 aliphatic carbocycles. The highest BCUT2D eigenvalue weighted by Gasteiger charge is 2.01. The van der Waals surface area contributed by atoms with Gasteiger partial charge in [-0.3, -0.25) is 4.79 Å². The minimum absolute atomic E-state index is 0.0992. The van der Waals surface area contributed by atoms with Crippen molar-refractivity contribution in [1.29, 1.82) is 0 Å². The van der Waals surface area contributed by atoms with Crippen molar-refractivity contribution in [3.05, 3.63) is 36.4 Å². The van der Waals surface area contributed by atoms with Crippen molar-refractivity contribution in [2.75, 3.05) is 6.79 Å². The molecule has 0 aliphatic heterocycles. The summed E-state index contributed by atoms with van der Waals surface area (Å²) in [5, 5.41) is 1.05. The predicted octanol–water partition coefficient (Wildman–Crippen LogP) is 2.52. The van der Waals surface area contributed by atoms with E-state index in [1.807, 2.05) is 30.3 Å². The number of hydrogen-bond acceptors (Lipinski definition) is 4. The number of carbonyl (C=O) groups excluding carboxylic acids is 1. The molecule has 1 aromatic carbocycles. The van der Waals surface area contributed by atoms with Crippen molar-refractivity contribution < 1.29 is 14.3 Å². The SMILES string of the molecule is CCC(=O)OCOc1ccc2ccccc2n1. The van der Waals surface area contributed by atoms with Gasteiger partial charge in [0.2, 0.25) is 12.7 Å². The largest absolute Gasteiger partial charge is 0.440 e. The van der Waals surface area contributed by atoms with Crippen LogP contribution in [-0.2, 0) is 9.53 Å². The van der Waals surface area contributed by atoms with E-state index in [4.69, 9.17) is 9.47 Å². The maximum absolute atomic E-state index is 10.9. The fraction of sp³-hybridized carbons (Fsp3) is 0.231. The van der Waals surface area contributed by atoms with E-state index >= 15 is 0 Å². The molecule has 0 saturated heterocycles. The van der Waals surface area contributed by atoms with Gasteiger partial charge < -0.3 is 9.47 Å². The first-order valence-electron chi connectivity index (χ1n) is 5.44. The summed E-state index contributed by atoms with van der Waals surface area (Å²) >= 11 is 0. The number of esters is 1. The van der Waals surface area contributed by atoms with Crippen molar-refractivity contribution in [2.45, 2.75) is 13.3 Å². The molecule has 2 rings (SSSR count). The zero-order valence-electron chi connectivity index (χ0n) is 9.55.